The van der Waals surface area contributed by atoms with Crippen LogP contribution in [0.3, 0.4) is 0 Å². The van der Waals surface area contributed by atoms with Crippen LogP contribution < -0.4 is 16.4 Å². The van der Waals surface area contributed by atoms with Crippen LogP contribution in [-0.2, 0) is 27.2 Å². The van der Waals surface area contributed by atoms with Crippen molar-refractivity contribution >= 4 is 50.6 Å². The second-order valence-corrected chi connectivity index (χ2v) is 10.4. The molecule has 8 nitrogen and oxygen atoms in total. The minimum absolute atomic E-state index is 0.315. The van der Waals surface area contributed by atoms with E-state index < -0.39 is 17.7 Å². The molecule has 2 heterocycles. The van der Waals surface area contributed by atoms with Crippen molar-refractivity contribution in [2.24, 2.45) is 5.73 Å². The molecule has 0 aliphatic heterocycles. The van der Waals surface area contributed by atoms with E-state index in [4.69, 9.17) is 5.73 Å². The highest BCUT2D eigenvalue weighted by Gasteiger charge is 2.35. The van der Waals surface area contributed by atoms with Crippen molar-refractivity contribution in [2.45, 2.75) is 44.4 Å². The Morgan fingerprint density at radius 3 is 2.50 bits per heavy atom. The summed E-state index contributed by atoms with van der Waals surface area (Å²) in [6.45, 7) is 3.24. The van der Waals surface area contributed by atoms with Gasteiger partial charge in [0.25, 0.3) is 0 Å². The van der Waals surface area contributed by atoms with Gasteiger partial charge < -0.3 is 26.3 Å². The maximum Gasteiger partial charge on any atom is 0.244 e. The van der Waals surface area contributed by atoms with Crippen molar-refractivity contribution in [3.05, 3.63) is 71.2 Å². The molecule has 0 fully saturated rings. The Balaban J connectivity index is 1.60. The lowest BCUT2D eigenvalue weighted by molar-refractivity contribution is -0.142. The Bertz CT molecular complexity index is 1390. The maximum atomic E-state index is 13.6. The number of hydrogen-bond donors (Lipinski definition) is 4. The fourth-order valence-electron chi connectivity index (χ4n) is 4.42. The fraction of sp³-hybridized carbons (Fsp3) is 0.296. The molecular formula is C27H31N5O3S. The second-order valence-electron chi connectivity index (χ2n) is 9.52. The van der Waals surface area contributed by atoms with E-state index in [1.807, 2.05) is 60.1 Å². The van der Waals surface area contributed by atoms with Crippen molar-refractivity contribution in [3.63, 3.8) is 0 Å². The van der Waals surface area contributed by atoms with Crippen molar-refractivity contribution < 1.29 is 14.4 Å². The van der Waals surface area contributed by atoms with Gasteiger partial charge in [-0.2, -0.15) is 0 Å². The molecule has 5 N–H and O–H groups in total. The number of nitrogens with one attached hydrogen (secondary N) is 3. The monoisotopic (exact) mass is 505 g/mol. The lowest BCUT2D eigenvalue weighted by Gasteiger charge is -2.33. The molecule has 0 saturated carbocycles. The van der Waals surface area contributed by atoms with Crippen LogP contribution in [0, 0.1) is 0 Å². The van der Waals surface area contributed by atoms with Gasteiger partial charge in [0, 0.05) is 41.7 Å². The summed E-state index contributed by atoms with van der Waals surface area (Å²) in [5.41, 5.74) is 7.85. The Labute approximate surface area is 213 Å². The number of para-hydroxylation sites is 1. The molecule has 4 aromatic rings. The summed E-state index contributed by atoms with van der Waals surface area (Å²) in [6, 6.07) is 15.0. The maximum absolute atomic E-state index is 13.6. The first-order chi connectivity index (χ1) is 17.2. The zero-order valence-corrected chi connectivity index (χ0v) is 21.4. The molecule has 0 radical (unpaired) electrons. The van der Waals surface area contributed by atoms with Crippen molar-refractivity contribution in [2.75, 3.05) is 7.05 Å². The molecule has 0 saturated heterocycles. The predicted octanol–water partition coefficient (Wildman–Crippen LogP) is 2.92. The standard InChI is InChI=1S/C27H31N5O3S/c1-27(2,28)26(35)32(3)22(12-18-15-36-23-11-7-5-9-20(18)23)25(34)31-24(30-16-33)13-17-14-29-21-10-6-4-8-19(17)21/h4-11,14-16,22,24,29H,12-13,28H2,1-3H3,(H,30,33)(H,31,34)/t22-,24-/m1/s1. The first kappa shape index (κ1) is 25.4. The molecule has 4 rings (SSSR count). The third-order valence-corrected chi connectivity index (χ3v) is 7.31. The highest BCUT2D eigenvalue weighted by atomic mass is 32.1. The molecule has 0 bridgehead atoms. The van der Waals surface area contributed by atoms with E-state index in [9.17, 15) is 14.4 Å². The Morgan fingerprint density at radius 2 is 1.78 bits per heavy atom. The number of fused-ring (bicyclic) bond motifs is 2. The number of carbonyl (C=O) groups excluding carboxylic acids is 3. The van der Waals surface area contributed by atoms with Crippen molar-refractivity contribution in [1.82, 2.24) is 20.5 Å². The minimum atomic E-state index is -1.14. The second kappa shape index (κ2) is 10.5. The molecule has 36 heavy (non-hydrogen) atoms. The number of thiophene rings is 1. The summed E-state index contributed by atoms with van der Waals surface area (Å²) in [6.07, 6.45) is 2.47. The Morgan fingerprint density at radius 1 is 1.08 bits per heavy atom. The van der Waals surface area contributed by atoms with Gasteiger partial charge >= 0.3 is 0 Å². The molecule has 0 aliphatic carbocycles. The highest BCUT2D eigenvalue weighted by molar-refractivity contribution is 7.17. The topological polar surface area (TPSA) is 120 Å². The summed E-state index contributed by atoms with van der Waals surface area (Å²) in [5.74, 6) is -0.719. The summed E-state index contributed by atoms with van der Waals surface area (Å²) in [4.78, 5) is 42.7. The van der Waals surface area contributed by atoms with E-state index in [1.54, 1.807) is 32.2 Å². The van der Waals surface area contributed by atoms with E-state index in [1.165, 1.54) is 4.90 Å². The zero-order chi connectivity index (χ0) is 25.9. The molecule has 9 heteroatoms. The van der Waals surface area contributed by atoms with Crippen LogP contribution >= 0.6 is 11.3 Å². The van der Waals surface area contributed by atoms with Crippen LogP contribution in [0.4, 0.5) is 0 Å². The van der Waals surface area contributed by atoms with E-state index in [2.05, 4.69) is 15.6 Å². The number of H-pyrrole nitrogens is 1. The summed E-state index contributed by atoms with van der Waals surface area (Å²) < 4.78 is 1.11. The molecular weight excluding hydrogens is 474 g/mol. The van der Waals surface area contributed by atoms with Gasteiger partial charge in [0.1, 0.15) is 12.2 Å². The number of benzene rings is 2. The number of nitrogens with two attached hydrogens (primary N) is 1. The predicted molar refractivity (Wildman–Crippen MR) is 143 cm³/mol. The lowest BCUT2D eigenvalue weighted by Crippen LogP contribution is -2.59. The smallest absolute Gasteiger partial charge is 0.244 e. The van der Waals surface area contributed by atoms with Crippen LogP contribution in [0.15, 0.2) is 60.1 Å². The van der Waals surface area contributed by atoms with Gasteiger partial charge in [0.2, 0.25) is 18.2 Å². The van der Waals surface area contributed by atoms with Gasteiger partial charge in [-0.15, -0.1) is 11.3 Å². The first-order valence-corrected chi connectivity index (χ1v) is 12.6. The zero-order valence-electron chi connectivity index (χ0n) is 20.6. The summed E-state index contributed by atoms with van der Waals surface area (Å²) in [5, 5.41) is 9.73. The van der Waals surface area contributed by atoms with Crippen LogP contribution in [0.5, 0.6) is 0 Å². The molecule has 2 atom stereocenters. The molecule has 0 aliphatic rings. The van der Waals surface area contributed by atoms with Crippen LogP contribution in [0.2, 0.25) is 0 Å². The number of aromatic nitrogens is 1. The minimum Gasteiger partial charge on any atom is -0.361 e. The number of carbonyl (C=O) groups is 3. The van der Waals surface area contributed by atoms with Gasteiger partial charge in [-0.05, 0) is 47.9 Å². The molecule has 0 unspecified atom stereocenters. The lowest BCUT2D eigenvalue weighted by atomic mass is 9.99. The average molecular weight is 506 g/mol. The van der Waals surface area contributed by atoms with Crippen molar-refractivity contribution in [1.29, 1.82) is 0 Å². The van der Waals surface area contributed by atoms with E-state index in [0.29, 0.717) is 19.3 Å². The third-order valence-electron chi connectivity index (χ3n) is 6.30. The summed E-state index contributed by atoms with van der Waals surface area (Å²) in [7, 11) is 1.59. The van der Waals surface area contributed by atoms with Gasteiger partial charge in [0.05, 0.1) is 5.54 Å². The number of rotatable bonds is 10. The molecule has 0 spiro atoms. The molecule has 2 aromatic heterocycles. The van der Waals surface area contributed by atoms with Crippen molar-refractivity contribution in [3.8, 4) is 0 Å². The number of nitrogens with zero attached hydrogens (tertiary/aromatic N) is 1. The van der Waals surface area contributed by atoms with Crippen LogP contribution in [0.25, 0.3) is 21.0 Å². The normalized spacial score (nSPS) is 13.3. The third kappa shape index (κ3) is 5.42. The van der Waals surface area contributed by atoms with E-state index >= 15 is 0 Å². The quantitative estimate of drug-likeness (QED) is 0.196. The largest absolute Gasteiger partial charge is 0.361 e. The van der Waals surface area contributed by atoms with Crippen LogP contribution in [0.1, 0.15) is 25.0 Å². The number of aromatic amines is 1. The Kier molecular flexibility index (Phi) is 7.42. The van der Waals surface area contributed by atoms with Gasteiger partial charge in [-0.3, -0.25) is 14.4 Å². The number of likely N-dealkylation sites (N-methyl/N-ethyl adjacent to an activating group) is 1. The van der Waals surface area contributed by atoms with E-state index in [-0.39, 0.29) is 11.8 Å². The fourth-order valence-corrected chi connectivity index (χ4v) is 5.40. The highest BCUT2D eigenvalue weighted by Crippen LogP contribution is 2.28. The molecule has 2 aromatic carbocycles. The first-order valence-electron chi connectivity index (χ1n) is 11.8. The van der Waals surface area contributed by atoms with Gasteiger partial charge in [-0.25, -0.2) is 0 Å². The molecule has 188 valence electrons. The SMILES string of the molecule is CN(C(=O)C(C)(C)N)[C@H](Cc1csc2ccccc12)C(=O)N[C@H](Cc1c[nH]c2ccccc12)NC=O. The average Bonchev–Trinajstić information content (AvgIpc) is 3.45. The summed E-state index contributed by atoms with van der Waals surface area (Å²) >= 11 is 1.60. The number of hydrogen-bond acceptors (Lipinski definition) is 5. The van der Waals surface area contributed by atoms with E-state index in [0.717, 1.165) is 32.1 Å². The van der Waals surface area contributed by atoms with Gasteiger partial charge in [0.15, 0.2) is 0 Å². The molecule has 3 amide bonds. The number of amides is 3. The van der Waals surface area contributed by atoms with Gasteiger partial charge in [-0.1, -0.05) is 36.4 Å². The Hall–Kier alpha value is -3.69. The van der Waals surface area contributed by atoms with Crippen LogP contribution in [-0.4, -0.2) is 52.9 Å².